The van der Waals surface area contributed by atoms with Crippen molar-refractivity contribution in [3.8, 4) is 0 Å². The average molecular weight is 362 g/mol. The lowest BCUT2D eigenvalue weighted by molar-refractivity contribution is -0.0295. The van der Waals surface area contributed by atoms with Crippen LogP contribution in [-0.2, 0) is 28.9 Å². The van der Waals surface area contributed by atoms with Gasteiger partial charge in [-0.15, -0.1) is 5.10 Å². The van der Waals surface area contributed by atoms with Gasteiger partial charge in [-0.2, -0.15) is 0 Å². The average Bonchev–Trinajstić information content (AvgIpc) is 3.33. The molecule has 1 aliphatic carbocycles. The van der Waals surface area contributed by atoms with Crippen LogP contribution in [0.1, 0.15) is 46.6 Å². The van der Waals surface area contributed by atoms with E-state index in [1.54, 1.807) is 16.7 Å². The first kappa shape index (κ1) is 17.1. The lowest BCUT2D eigenvalue weighted by atomic mass is 9.96. The summed E-state index contributed by atoms with van der Waals surface area (Å²) in [6, 6.07) is 0. The summed E-state index contributed by atoms with van der Waals surface area (Å²) >= 11 is 0. The van der Waals surface area contributed by atoms with Crippen molar-refractivity contribution in [1.82, 2.24) is 30.3 Å². The molecular formula is C16H22N6O4. The first-order valence-corrected chi connectivity index (χ1v) is 8.91. The quantitative estimate of drug-likeness (QED) is 0.752. The lowest BCUT2D eigenvalue weighted by Gasteiger charge is -2.32. The number of nitrogens with zero attached hydrogens (tertiary/aromatic N) is 6. The van der Waals surface area contributed by atoms with Gasteiger partial charge in [-0.25, -0.2) is 4.68 Å². The highest BCUT2D eigenvalue weighted by Gasteiger charge is 2.33. The number of methoxy groups -OCH3 is 1. The molecule has 3 heterocycles. The van der Waals surface area contributed by atoms with Crippen LogP contribution in [0.2, 0.25) is 0 Å². The van der Waals surface area contributed by atoms with Gasteiger partial charge >= 0.3 is 0 Å². The zero-order valence-electron chi connectivity index (χ0n) is 14.8. The molecule has 2 aliphatic rings. The zero-order chi connectivity index (χ0) is 17.9. The second-order valence-corrected chi connectivity index (χ2v) is 6.50. The summed E-state index contributed by atoms with van der Waals surface area (Å²) in [6.45, 7) is 2.35. The molecule has 10 heteroatoms. The lowest BCUT2D eigenvalue weighted by Crippen LogP contribution is -2.43. The maximum Gasteiger partial charge on any atom is 0.276 e. The third kappa shape index (κ3) is 3.21. The second kappa shape index (κ2) is 7.50. The minimum absolute atomic E-state index is 0.110. The molecule has 2 aromatic rings. The highest BCUT2D eigenvalue weighted by molar-refractivity contribution is 5.94. The molecule has 1 fully saturated rings. The number of carbonyl (C=O) groups excluding carboxylic acids is 1. The summed E-state index contributed by atoms with van der Waals surface area (Å²) in [7, 11) is 1.63. The number of hydrogen-bond acceptors (Lipinski definition) is 8. The van der Waals surface area contributed by atoms with Crippen LogP contribution in [-0.4, -0.2) is 69.6 Å². The number of aromatic nitrogens is 5. The number of carbonyl (C=O) groups is 1. The van der Waals surface area contributed by atoms with Gasteiger partial charge < -0.3 is 18.9 Å². The minimum atomic E-state index is -0.373. The Morgan fingerprint density at radius 3 is 3.12 bits per heavy atom. The van der Waals surface area contributed by atoms with Crippen molar-refractivity contribution >= 4 is 5.91 Å². The third-order valence-corrected chi connectivity index (χ3v) is 4.86. The van der Waals surface area contributed by atoms with E-state index in [-0.39, 0.29) is 12.0 Å². The van der Waals surface area contributed by atoms with Crippen LogP contribution >= 0.6 is 0 Å². The SMILES string of the molecule is COCCn1nnnc1[C@H]1CN(C(=O)c2noc3c2CCCC3)CCO1. The number of aryl methyl sites for hydroxylation is 1. The third-order valence-electron chi connectivity index (χ3n) is 4.86. The van der Waals surface area contributed by atoms with E-state index in [4.69, 9.17) is 14.0 Å². The molecule has 0 N–H and O–H groups in total. The number of morpholine rings is 1. The summed E-state index contributed by atoms with van der Waals surface area (Å²) in [4.78, 5) is 14.7. The Labute approximate surface area is 150 Å². The normalized spacial score (nSPS) is 20.2. The van der Waals surface area contributed by atoms with Crippen molar-refractivity contribution < 1.29 is 18.8 Å². The van der Waals surface area contributed by atoms with Gasteiger partial charge in [-0.3, -0.25) is 4.79 Å². The van der Waals surface area contributed by atoms with E-state index < -0.39 is 0 Å². The molecule has 1 saturated heterocycles. The van der Waals surface area contributed by atoms with Crippen LogP contribution < -0.4 is 0 Å². The second-order valence-electron chi connectivity index (χ2n) is 6.50. The van der Waals surface area contributed by atoms with Crippen LogP contribution in [0.3, 0.4) is 0 Å². The minimum Gasteiger partial charge on any atom is -0.383 e. The molecule has 0 bridgehead atoms. The molecular weight excluding hydrogens is 340 g/mol. The Balaban J connectivity index is 1.49. The molecule has 1 aliphatic heterocycles. The Morgan fingerprint density at radius 2 is 2.23 bits per heavy atom. The van der Waals surface area contributed by atoms with Gasteiger partial charge in [-0.05, 0) is 29.7 Å². The molecule has 26 heavy (non-hydrogen) atoms. The van der Waals surface area contributed by atoms with Crippen LogP contribution in [0, 0.1) is 0 Å². The van der Waals surface area contributed by atoms with Gasteiger partial charge in [0.1, 0.15) is 11.9 Å². The topological polar surface area (TPSA) is 108 Å². The monoisotopic (exact) mass is 362 g/mol. The van der Waals surface area contributed by atoms with Crippen molar-refractivity contribution in [1.29, 1.82) is 0 Å². The molecule has 1 atom stereocenters. The zero-order valence-corrected chi connectivity index (χ0v) is 14.8. The van der Waals surface area contributed by atoms with E-state index in [1.807, 2.05) is 0 Å². The Bertz CT molecular complexity index is 773. The van der Waals surface area contributed by atoms with Crippen LogP contribution in [0.15, 0.2) is 4.52 Å². The summed E-state index contributed by atoms with van der Waals surface area (Å²) < 4.78 is 17.9. The maximum atomic E-state index is 13.0. The van der Waals surface area contributed by atoms with E-state index in [0.29, 0.717) is 44.4 Å². The standard InChI is InChI=1S/C16H22N6O4/c1-24-8-7-22-15(17-19-20-22)13-10-21(6-9-25-13)16(23)14-11-4-2-3-5-12(11)26-18-14/h13H,2-10H2,1H3/t13-/m1/s1. The Kier molecular flexibility index (Phi) is 4.93. The van der Waals surface area contributed by atoms with Gasteiger partial charge in [0.05, 0.1) is 26.3 Å². The van der Waals surface area contributed by atoms with Gasteiger partial charge in [0, 0.05) is 25.6 Å². The van der Waals surface area contributed by atoms with Crippen LogP contribution in [0.4, 0.5) is 0 Å². The van der Waals surface area contributed by atoms with Gasteiger partial charge in [0.25, 0.3) is 5.91 Å². The molecule has 0 unspecified atom stereocenters. The van der Waals surface area contributed by atoms with Crippen LogP contribution in [0.25, 0.3) is 0 Å². The number of hydrogen-bond donors (Lipinski definition) is 0. The number of rotatable bonds is 5. The summed E-state index contributed by atoms with van der Waals surface area (Å²) in [5.74, 6) is 1.34. The van der Waals surface area contributed by atoms with Gasteiger partial charge in [0.15, 0.2) is 11.5 Å². The number of tetrazole rings is 1. The molecule has 140 valence electrons. The molecule has 0 spiro atoms. The van der Waals surface area contributed by atoms with E-state index in [0.717, 1.165) is 37.0 Å². The van der Waals surface area contributed by atoms with Crippen molar-refractivity contribution in [2.45, 2.75) is 38.3 Å². The fraction of sp³-hybridized carbons (Fsp3) is 0.688. The predicted octanol–water partition coefficient (Wildman–Crippen LogP) is 0.400. The molecule has 0 aromatic carbocycles. The fourth-order valence-corrected chi connectivity index (χ4v) is 3.47. The van der Waals surface area contributed by atoms with Gasteiger partial charge in [0.2, 0.25) is 0 Å². The molecule has 4 rings (SSSR count). The summed E-state index contributed by atoms with van der Waals surface area (Å²) in [6.07, 6.45) is 3.48. The highest BCUT2D eigenvalue weighted by Crippen LogP contribution is 2.27. The number of fused-ring (bicyclic) bond motifs is 1. The fourth-order valence-electron chi connectivity index (χ4n) is 3.47. The smallest absolute Gasteiger partial charge is 0.276 e. The maximum absolute atomic E-state index is 13.0. The van der Waals surface area contributed by atoms with E-state index >= 15 is 0 Å². The molecule has 2 aromatic heterocycles. The molecule has 10 nitrogen and oxygen atoms in total. The van der Waals surface area contributed by atoms with Crippen molar-refractivity contribution in [3.05, 3.63) is 22.8 Å². The first-order chi connectivity index (χ1) is 12.8. The largest absolute Gasteiger partial charge is 0.383 e. The molecule has 1 amide bonds. The Hall–Kier alpha value is -2.33. The first-order valence-electron chi connectivity index (χ1n) is 8.91. The van der Waals surface area contributed by atoms with E-state index in [1.165, 1.54) is 0 Å². The summed E-state index contributed by atoms with van der Waals surface area (Å²) in [5, 5.41) is 15.8. The number of amides is 1. The number of ether oxygens (including phenoxy) is 2. The van der Waals surface area contributed by atoms with E-state index in [9.17, 15) is 4.79 Å². The van der Waals surface area contributed by atoms with Gasteiger partial charge in [-0.1, -0.05) is 5.16 Å². The van der Waals surface area contributed by atoms with Crippen molar-refractivity contribution in [3.63, 3.8) is 0 Å². The molecule has 0 radical (unpaired) electrons. The molecule has 0 saturated carbocycles. The van der Waals surface area contributed by atoms with Crippen molar-refractivity contribution in [2.24, 2.45) is 0 Å². The highest BCUT2D eigenvalue weighted by atomic mass is 16.5. The van der Waals surface area contributed by atoms with Crippen molar-refractivity contribution in [2.75, 3.05) is 33.4 Å². The Morgan fingerprint density at radius 1 is 1.35 bits per heavy atom. The summed E-state index contributed by atoms with van der Waals surface area (Å²) in [5.41, 5.74) is 1.41. The van der Waals surface area contributed by atoms with Crippen LogP contribution in [0.5, 0.6) is 0 Å². The van der Waals surface area contributed by atoms with E-state index in [2.05, 4.69) is 20.7 Å². The predicted molar refractivity (Wildman–Crippen MR) is 87.4 cm³/mol.